The van der Waals surface area contributed by atoms with Crippen LogP contribution in [0, 0.1) is 6.54 Å². The average Bonchev–Trinajstić information content (AvgIpc) is 2.12. The zero-order chi connectivity index (χ0) is 7.61. The van der Waals surface area contributed by atoms with E-state index in [-0.39, 0.29) is 6.54 Å². The van der Waals surface area contributed by atoms with Gasteiger partial charge in [-0.2, -0.15) is 13.2 Å². The van der Waals surface area contributed by atoms with Gasteiger partial charge in [-0.05, 0) is 12.1 Å². The maximum atomic E-state index is 11.5. The van der Waals surface area contributed by atoms with Gasteiger partial charge in [-0.3, -0.25) is 0 Å². The van der Waals surface area contributed by atoms with Gasteiger partial charge >= 0.3 is 6.18 Å². The molecule has 0 aliphatic heterocycles. The number of halogens is 3. The second kappa shape index (κ2) is 2.36. The number of aromatic nitrogens is 1. The van der Waals surface area contributed by atoms with E-state index in [2.05, 4.69) is 0 Å². The molecular formula is C6H5F3N. The van der Waals surface area contributed by atoms with Crippen molar-refractivity contribution >= 4 is 0 Å². The molecule has 0 atom stereocenters. The SMILES string of the molecule is FC(F)(F)[CH]n1cccc1. The molecule has 0 aromatic carbocycles. The van der Waals surface area contributed by atoms with Crippen molar-refractivity contribution < 1.29 is 13.2 Å². The fourth-order valence-electron chi connectivity index (χ4n) is 0.603. The second-order valence-electron chi connectivity index (χ2n) is 1.80. The summed E-state index contributed by atoms with van der Waals surface area (Å²) < 4.78 is 35.6. The molecule has 0 aliphatic carbocycles. The fourth-order valence-corrected chi connectivity index (χ4v) is 0.603. The number of hydrogen-bond acceptors (Lipinski definition) is 0. The molecule has 0 fully saturated rings. The van der Waals surface area contributed by atoms with E-state index in [9.17, 15) is 13.2 Å². The Balaban J connectivity index is 2.57. The fraction of sp³-hybridized carbons (Fsp3) is 0.167. The summed E-state index contributed by atoms with van der Waals surface area (Å²) in [6.07, 6.45) is -1.58. The van der Waals surface area contributed by atoms with Crippen LogP contribution < -0.4 is 0 Å². The number of nitrogens with zero attached hydrogens (tertiary/aromatic N) is 1. The zero-order valence-electron chi connectivity index (χ0n) is 4.97. The lowest BCUT2D eigenvalue weighted by Crippen LogP contribution is -2.13. The monoisotopic (exact) mass is 148 g/mol. The summed E-state index contributed by atoms with van der Waals surface area (Å²) in [5.41, 5.74) is 0. The van der Waals surface area contributed by atoms with E-state index < -0.39 is 6.18 Å². The third-order valence-corrected chi connectivity index (χ3v) is 0.923. The summed E-state index contributed by atoms with van der Waals surface area (Å²) in [6, 6.07) is 3.06. The largest absolute Gasteiger partial charge is 0.411 e. The molecule has 0 unspecified atom stereocenters. The van der Waals surface area contributed by atoms with Gasteiger partial charge in [-0.25, -0.2) is 0 Å². The second-order valence-corrected chi connectivity index (χ2v) is 1.80. The third kappa shape index (κ3) is 2.13. The van der Waals surface area contributed by atoms with Crippen LogP contribution in [0.4, 0.5) is 13.2 Å². The van der Waals surface area contributed by atoms with Gasteiger partial charge in [0, 0.05) is 12.4 Å². The van der Waals surface area contributed by atoms with Gasteiger partial charge in [-0.15, -0.1) is 0 Å². The maximum absolute atomic E-state index is 11.5. The van der Waals surface area contributed by atoms with Gasteiger partial charge in [0.05, 0.1) is 0 Å². The van der Waals surface area contributed by atoms with Gasteiger partial charge in [0.15, 0.2) is 6.54 Å². The Morgan fingerprint density at radius 3 is 2.00 bits per heavy atom. The van der Waals surface area contributed by atoms with Crippen molar-refractivity contribution in [2.75, 3.05) is 0 Å². The van der Waals surface area contributed by atoms with Gasteiger partial charge in [0.25, 0.3) is 0 Å². The molecule has 0 bridgehead atoms. The van der Waals surface area contributed by atoms with Crippen LogP contribution in [0.5, 0.6) is 0 Å². The molecule has 0 aliphatic rings. The first-order valence-electron chi connectivity index (χ1n) is 2.63. The Kier molecular flexibility index (Phi) is 1.70. The molecule has 55 valence electrons. The quantitative estimate of drug-likeness (QED) is 0.574. The van der Waals surface area contributed by atoms with E-state index in [0.717, 1.165) is 4.57 Å². The van der Waals surface area contributed by atoms with Gasteiger partial charge in [0.1, 0.15) is 0 Å². The van der Waals surface area contributed by atoms with Crippen molar-refractivity contribution in [1.82, 2.24) is 4.57 Å². The topological polar surface area (TPSA) is 4.93 Å². The van der Waals surface area contributed by atoms with Gasteiger partial charge in [-0.1, -0.05) is 0 Å². The highest BCUT2D eigenvalue weighted by Gasteiger charge is 2.28. The van der Waals surface area contributed by atoms with Crippen molar-refractivity contribution in [1.29, 1.82) is 0 Å². The summed E-state index contributed by atoms with van der Waals surface area (Å²) >= 11 is 0. The van der Waals surface area contributed by atoms with E-state index in [1.54, 1.807) is 0 Å². The van der Waals surface area contributed by atoms with E-state index in [4.69, 9.17) is 0 Å². The summed E-state index contributed by atoms with van der Waals surface area (Å²) in [5.74, 6) is 0. The van der Waals surface area contributed by atoms with Crippen molar-refractivity contribution in [3.8, 4) is 0 Å². The van der Waals surface area contributed by atoms with Crippen LogP contribution in [0.1, 0.15) is 0 Å². The van der Waals surface area contributed by atoms with Crippen molar-refractivity contribution in [2.24, 2.45) is 0 Å². The molecule has 10 heavy (non-hydrogen) atoms. The predicted octanol–water partition coefficient (Wildman–Crippen LogP) is 2.06. The Morgan fingerprint density at radius 1 is 1.10 bits per heavy atom. The molecule has 1 heterocycles. The Bertz CT molecular complexity index is 187. The van der Waals surface area contributed by atoms with Crippen LogP contribution in [-0.4, -0.2) is 10.7 Å². The van der Waals surface area contributed by atoms with Crippen LogP contribution in [0.25, 0.3) is 0 Å². The minimum atomic E-state index is -4.24. The summed E-state index contributed by atoms with van der Waals surface area (Å²) in [6.45, 7) is 0.188. The van der Waals surface area contributed by atoms with Crippen LogP contribution in [0.15, 0.2) is 24.5 Å². The minimum absolute atomic E-state index is 0.188. The Morgan fingerprint density at radius 2 is 1.60 bits per heavy atom. The first-order valence-corrected chi connectivity index (χ1v) is 2.63. The van der Waals surface area contributed by atoms with E-state index in [0.29, 0.717) is 0 Å². The maximum Gasteiger partial charge on any atom is 0.411 e. The van der Waals surface area contributed by atoms with Crippen LogP contribution >= 0.6 is 0 Å². The van der Waals surface area contributed by atoms with Gasteiger partial charge in [0.2, 0.25) is 0 Å². The number of rotatable bonds is 1. The summed E-state index contributed by atoms with van der Waals surface area (Å²) in [4.78, 5) is 0. The lowest BCUT2D eigenvalue weighted by Gasteiger charge is -2.04. The molecule has 1 nitrogen and oxygen atoms in total. The van der Waals surface area contributed by atoms with E-state index in [1.165, 1.54) is 24.5 Å². The Labute approximate surface area is 56.1 Å². The number of hydrogen-bond donors (Lipinski definition) is 0. The minimum Gasteiger partial charge on any atom is -0.340 e. The molecule has 0 spiro atoms. The third-order valence-electron chi connectivity index (χ3n) is 0.923. The zero-order valence-corrected chi connectivity index (χ0v) is 4.97. The van der Waals surface area contributed by atoms with E-state index >= 15 is 0 Å². The highest BCUT2D eigenvalue weighted by Crippen LogP contribution is 2.18. The molecule has 0 N–H and O–H groups in total. The molecule has 0 saturated heterocycles. The van der Waals surface area contributed by atoms with E-state index in [1.807, 2.05) is 0 Å². The highest BCUT2D eigenvalue weighted by atomic mass is 19.4. The number of alkyl halides is 3. The molecule has 1 aromatic heterocycles. The Hall–Kier alpha value is -0.930. The van der Waals surface area contributed by atoms with Gasteiger partial charge < -0.3 is 4.57 Å². The molecule has 1 radical (unpaired) electrons. The molecule has 1 aromatic rings. The molecule has 0 amide bonds. The van der Waals surface area contributed by atoms with Crippen molar-refractivity contribution in [3.63, 3.8) is 0 Å². The smallest absolute Gasteiger partial charge is 0.340 e. The first kappa shape index (κ1) is 7.18. The van der Waals surface area contributed by atoms with Crippen LogP contribution in [0.2, 0.25) is 0 Å². The first-order chi connectivity index (χ1) is 4.58. The highest BCUT2D eigenvalue weighted by molar-refractivity contribution is 4.96. The molecule has 0 saturated carbocycles. The lowest BCUT2D eigenvalue weighted by molar-refractivity contribution is -0.101. The van der Waals surface area contributed by atoms with Crippen molar-refractivity contribution in [3.05, 3.63) is 31.1 Å². The average molecular weight is 148 g/mol. The predicted molar refractivity (Wildman–Crippen MR) is 30.2 cm³/mol. The summed E-state index contributed by atoms with van der Waals surface area (Å²) in [5, 5.41) is 0. The van der Waals surface area contributed by atoms with Crippen LogP contribution in [0.3, 0.4) is 0 Å². The molecule has 4 heteroatoms. The molecular weight excluding hydrogens is 143 g/mol. The lowest BCUT2D eigenvalue weighted by atomic mass is 10.6. The van der Waals surface area contributed by atoms with Crippen molar-refractivity contribution in [2.45, 2.75) is 6.18 Å². The summed E-state index contributed by atoms with van der Waals surface area (Å²) in [7, 11) is 0. The van der Waals surface area contributed by atoms with Crippen LogP contribution in [-0.2, 0) is 0 Å². The normalized spacial score (nSPS) is 11.9. The standard InChI is InChI=1S/C6H5F3N/c7-6(8,9)5-10-3-1-2-4-10/h1-5H. The molecule has 1 rings (SSSR count).